The maximum Gasteiger partial charge on any atom is 0.330 e. The van der Waals surface area contributed by atoms with Crippen molar-refractivity contribution in [3.63, 3.8) is 0 Å². The average Bonchev–Trinajstić information content (AvgIpc) is 2.87. The van der Waals surface area contributed by atoms with Gasteiger partial charge in [-0.15, -0.1) is 0 Å². The van der Waals surface area contributed by atoms with Crippen molar-refractivity contribution in [1.29, 1.82) is 0 Å². The number of methoxy groups -OCH3 is 1. The molecular formula is C13H16N2O7. The standard InChI is InChI=1S/C13H16N2O7/c1-21-9(17)3-2-7-4-15(13(20)14-11(7)19)12-10(18)8(5-16)6-22-12/h2-4,8,10,12,16,18H,5-6H2,1H3,(H,14,19,20)/b3-2+. The van der Waals surface area contributed by atoms with E-state index in [9.17, 15) is 19.5 Å². The molecule has 120 valence electrons. The number of aliphatic hydroxyl groups is 2. The van der Waals surface area contributed by atoms with E-state index in [1.165, 1.54) is 19.4 Å². The van der Waals surface area contributed by atoms with Crippen LogP contribution >= 0.6 is 0 Å². The Bertz CT molecular complexity index is 690. The minimum Gasteiger partial charge on any atom is -0.466 e. The third-order valence-corrected chi connectivity index (χ3v) is 3.36. The SMILES string of the molecule is COC(=O)/C=C/c1cn(C2OCC(CO)C2O)c(=O)[nH]c1=O. The first-order valence-electron chi connectivity index (χ1n) is 6.50. The number of nitrogens with one attached hydrogen (secondary N) is 1. The lowest BCUT2D eigenvalue weighted by atomic mass is 10.1. The number of aliphatic hydroxyl groups excluding tert-OH is 2. The molecule has 0 bridgehead atoms. The van der Waals surface area contributed by atoms with Crippen LogP contribution in [-0.2, 0) is 14.3 Å². The molecule has 3 N–H and O–H groups in total. The van der Waals surface area contributed by atoms with Crippen LogP contribution in [-0.4, -0.2) is 52.2 Å². The lowest BCUT2D eigenvalue weighted by Crippen LogP contribution is -2.37. The van der Waals surface area contributed by atoms with Gasteiger partial charge in [0.15, 0.2) is 6.23 Å². The first-order valence-corrected chi connectivity index (χ1v) is 6.50. The number of carbonyl (C=O) groups excluding carboxylic acids is 1. The number of H-pyrrole nitrogens is 1. The van der Waals surface area contributed by atoms with Gasteiger partial charge in [-0.25, -0.2) is 9.59 Å². The van der Waals surface area contributed by atoms with Gasteiger partial charge in [-0.2, -0.15) is 0 Å². The molecule has 0 aliphatic carbocycles. The fraction of sp³-hybridized carbons (Fsp3) is 0.462. The van der Waals surface area contributed by atoms with Crippen LogP contribution < -0.4 is 11.2 Å². The van der Waals surface area contributed by atoms with Gasteiger partial charge in [-0.3, -0.25) is 14.3 Å². The van der Waals surface area contributed by atoms with Crippen LogP contribution in [0.2, 0.25) is 0 Å². The zero-order chi connectivity index (χ0) is 16.3. The van der Waals surface area contributed by atoms with Crippen molar-refractivity contribution in [2.75, 3.05) is 20.3 Å². The zero-order valence-corrected chi connectivity index (χ0v) is 11.8. The molecule has 3 atom stereocenters. The van der Waals surface area contributed by atoms with Crippen LogP contribution in [0.1, 0.15) is 11.8 Å². The Kier molecular flexibility index (Phi) is 4.91. The Hall–Kier alpha value is -2.23. The highest BCUT2D eigenvalue weighted by atomic mass is 16.5. The Morgan fingerprint density at radius 2 is 2.32 bits per heavy atom. The molecule has 1 fully saturated rings. The number of aromatic amines is 1. The molecule has 1 saturated heterocycles. The molecule has 0 aromatic carbocycles. The minimum atomic E-state index is -1.09. The van der Waals surface area contributed by atoms with Gasteiger partial charge >= 0.3 is 11.7 Å². The molecule has 2 rings (SSSR count). The molecule has 1 aromatic heterocycles. The number of hydrogen-bond acceptors (Lipinski definition) is 7. The predicted octanol–water partition coefficient (Wildman–Crippen LogP) is -1.78. The molecule has 0 radical (unpaired) electrons. The molecule has 9 heteroatoms. The number of hydrogen-bond donors (Lipinski definition) is 3. The Morgan fingerprint density at radius 1 is 1.59 bits per heavy atom. The van der Waals surface area contributed by atoms with Crippen molar-refractivity contribution < 1.29 is 24.5 Å². The molecule has 0 spiro atoms. The van der Waals surface area contributed by atoms with Crippen LogP contribution in [0.5, 0.6) is 0 Å². The third kappa shape index (κ3) is 3.16. The molecule has 1 aliphatic heterocycles. The van der Waals surface area contributed by atoms with E-state index in [0.29, 0.717) is 0 Å². The van der Waals surface area contributed by atoms with Gasteiger partial charge in [0, 0.05) is 18.2 Å². The largest absolute Gasteiger partial charge is 0.466 e. The fourth-order valence-electron chi connectivity index (χ4n) is 2.09. The highest BCUT2D eigenvalue weighted by molar-refractivity contribution is 5.86. The minimum absolute atomic E-state index is 0.0215. The van der Waals surface area contributed by atoms with Gasteiger partial charge < -0.3 is 19.7 Å². The van der Waals surface area contributed by atoms with E-state index in [4.69, 9.17) is 9.84 Å². The van der Waals surface area contributed by atoms with E-state index in [0.717, 1.165) is 10.6 Å². The van der Waals surface area contributed by atoms with Crippen LogP contribution in [0.25, 0.3) is 6.08 Å². The first kappa shape index (κ1) is 16.1. The summed E-state index contributed by atoms with van der Waals surface area (Å²) in [5, 5.41) is 19.1. The van der Waals surface area contributed by atoms with Crippen molar-refractivity contribution in [2.24, 2.45) is 5.92 Å². The number of nitrogens with zero attached hydrogens (tertiary/aromatic N) is 1. The molecule has 0 saturated carbocycles. The Labute approximate surface area is 124 Å². The topological polar surface area (TPSA) is 131 Å². The second-order valence-corrected chi connectivity index (χ2v) is 4.76. The van der Waals surface area contributed by atoms with Gasteiger partial charge in [0.25, 0.3) is 5.56 Å². The van der Waals surface area contributed by atoms with E-state index in [2.05, 4.69) is 9.72 Å². The van der Waals surface area contributed by atoms with Crippen LogP contribution in [0.15, 0.2) is 21.9 Å². The van der Waals surface area contributed by atoms with Gasteiger partial charge in [0.2, 0.25) is 0 Å². The Balaban J connectivity index is 2.37. The average molecular weight is 312 g/mol. The second kappa shape index (κ2) is 6.69. The van der Waals surface area contributed by atoms with E-state index in [1.54, 1.807) is 0 Å². The van der Waals surface area contributed by atoms with Crippen LogP contribution in [0, 0.1) is 5.92 Å². The molecule has 2 heterocycles. The summed E-state index contributed by atoms with van der Waals surface area (Å²) in [6, 6.07) is 0. The monoisotopic (exact) mass is 312 g/mol. The van der Waals surface area contributed by atoms with E-state index >= 15 is 0 Å². The van der Waals surface area contributed by atoms with Crippen LogP contribution in [0.4, 0.5) is 0 Å². The molecule has 22 heavy (non-hydrogen) atoms. The van der Waals surface area contributed by atoms with Crippen molar-refractivity contribution >= 4 is 12.0 Å². The lowest BCUT2D eigenvalue weighted by molar-refractivity contribution is -0.134. The quantitative estimate of drug-likeness (QED) is 0.442. The molecule has 1 aromatic rings. The Morgan fingerprint density at radius 3 is 2.91 bits per heavy atom. The summed E-state index contributed by atoms with van der Waals surface area (Å²) in [6.45, 7) is -0.202. The van der Waals surface area contributed by atoms with E-state index in [-0.39, 0.29) is 18.8 Å². The highest BCUT2D eigenvalue weighted by Gasteiger charge is 2.37. The van der Waals surface area contributed by atoms with E-state index < -0.39 is 35.5 Å². The maximum absolute atomic E-state index is 11.9. The highest BCUT2D eigenvalue weighted by Crippen LogP contribution is 2.27. The summed E-state index contributed by atoms with van der Waals surface area (Å²) in [4.78, 5) is 36.7. The van der Waals surface area contributed by atoms with Crippen LogP contribution in [0.3, 0.4) is 0 Å². The summed E-state index contributed by atoms with van der Waals surface area (Å²) < 4.78 is 10.7. The van der Waals surface area contributed by atoms with Crippen molar-refractivity contribution in [2.45, 2.75) is 12.3 Å². The lowest BCUT2D eigenvalue weighted by Gasteiger charge is -2.18. The van der Waals surface area contributed by atoms with Gasteiger partial charge in [0.05, 0.1) is 25.9 Å². The van der Waals surface area contributed by atoms with Gasteiger partial charge in [0.1, 0.15) is 6.10 Å². The number of carbonyl (C=O) groups is 1. The first-order chi connectivity index (χ1) is 10.5. The maximum atomic E-state index is 11.9. The van der Waals surface area contributed by atoms with Crippen molar-refractivity contribution in [3.05, 3.63) is 38.7 Å². The molecule has 1 aliphatic rings. The summed E-state index contributed by atoms with van der Waals surface area (Å²) in [5.41, 5.74) is -1.43. The third-order valence-electron chi connectivity index (χ3n) is 3.36. The number of aromatic nitrogens is 2. The molecule has 3 unspecified atom stereocenters. The zero-order valence-electron chi connectivity index (χ0n) is 11.8. The fourth-order valence-corrected chi connectivity index (χ4v) is 2.09. The summed E-state index contributed by atoms with van der Waals surface area (Å²) in [6.07, 6.45) is 1.28. The predicted molar refractivity (Wildman–Crippen MR) is 73.9 cm³/mol. The van der Waals surface area contributed by atoms with Gasteiger partial charge in [-0.05, 0) is 6.08 Å². The number of rotatable bonds is 4. The van der Waals surface area contributed by atoms with E-state index in [1.807, 2.05) is 0 Å². The molecule has 9 nitrogen and oxygen atoms in total. The summed E-state index contributed by atoms with van der Waals surface area (Å²) in [5.74, 6) is -1.17. The number of esters is 1. The normalized spacial score (nSPS) is 24.8. The number of ether oxygens (including phenoxy) is 2. The summed E-state index contributed by atoms with van der Waals surface area (Å²) >= 11 is 0. The second-order valence-electron chi connectivity index (χ2n) is 4.76. The smallest absolute Gasteiger partial charge is 0.330 e. The van der Waals surface area contributed by atoms with Crippen molar-refractivity contribution in [3.8, 4) is 0 Å². The van der Waals surface area contributed by atoms with Crippen molar-refractivity contribution in [1.82, 2.24) is 9.55 Å². The molecule has 0 amide bonds. The summed E-state index contributed by atoms with van der Waals surface area (Å²) in [7, 11) is 1.19. The van der Waals surface area contributed by atoms with Gasteiger partial charge in [-0.1, -0.05) is 0 Å². The molecular weight excluding hydrogens is 296 g/mol.